The molecule has 8 heteroatoms. The zero-order valence-corrected chi connectivity index (χ0v) is 23.8. The summed E-state index contributed by atoms with van der Waals surface area (Å²) in [7, 11) is -3.80. The summed E-state index contributed by atoms with van der Waals surface area (Å²) in [5.74, 6) is 2.11. The first-order valence-electron chi connectivity index (χ1n) is 14.0. The second kappa shape index (κ2) is 10.2. The van der Waals surface area contributed by atoms with E-state index in [-0.39, 0.29) is 16.8 Å². The van der Waals surface area contributed by atoms with Gasteiger partial charge < -0.3 is 10.6 Å². The Morgan fingerprint density at radius 3 is 2.39 bits per heavy atom. The number of hydrogen-bond donors (Lipinski definition) is 3. The highest BCUT2D eigenvalue weighted by atomic mass is 35.5. The van der Waals surface area contributed by atoms with Gasteiger partial charge in [0.15, 0.2) is 0 Å². The molecule has 2 fully saturated rings. The lowest BCUT2D eigenvalue weighted by Gasteiger charge is -2.43. The van der Waals surface area contributed by atoms with Crippen LogP contribution in [0.1, 0.15) is 52.7 Å². The molecule has 5 atom stereocenters. The van der Waals surface area contributed by atoms with Gasteiger partial charge in [0.1, 0.15) is 0 Å². The normalized spacial score (nSPS) is 24.2. The van der Waals surface area contributed by atoms with E-state index in [2.05, 4.69) is 51.8 Å². The minimum absolute atomic E-state index is 0.0885. The van der Waals surface area contributed by atoms with Gasteiger partial charge in [-0.05, 0) is 115 Å². The maximum absolute atomic E-state index is 13.3. The van der Waals surface area contributed by atoms with Gasteiger partial charge in [0.05, 0.1) is 16.6 Å². The third-order valence-corrected chi connectivity index (χ3v) is 10.6. The van der Waals surface area contributed by atoms with Gasteiger partial charge in [0, 0.05) is 22.0 Å². The molecule has 41 heavy (non-hydrogen) atoms. The summed E-state index contributed by atoms with van der Waals surface area (Å²) in [5.41, 5.74) is 5.20. The molecule has 0 aromatic heterocycles. The molecule has 208 valence electrons. The molecule has 4 aromatic rings. The Morgan fingerprint density at radius 1 is 0.829 bits per heavy atom. The summed E-state index contributed by atoms with van der Waals surface area (Å²) in [6, 6.07) is 29.6. The van der Waals surface area contributed by atoms with E-state index in [9.17, 15) is 13.2 Å². The van der Waals surface area contributed by atoms with Crippen LogP contribution in [0.3, 0.4) is 0 Å². The van der Waals surface area contributed by atoms with Gasteiger partial charge >= 0.3 is 0 Å². The van der Waals surface area contributed by atoms with Crippen molar-refractivity contribution in [1.82, 2.24) is 0 Å². The lowest BCUT2D eigenvalue weighted by atomic mass is 9.68. The van der Waals surface area contributed by atoms with Gasteiger partial charge in [-0.25, -0.2) is 8.42 Å². The van der Waals surface area contributed by atoms with E-state index in [1.807, 2.05) is 12.1 Å². The van der Waals surface area contributed by atoms with E-state index in [1.165, 1.54) is 42.5 Å². The average molecular weight is 584 g/mol. The van der Waals surface area contributed by atoms with Gasteiger partial charge in [-0.15, -0.1) is 0 Å². The summed E-state index contributed by atoms with van der Waals surface area (Å²) in [6.07, 6.45) is 3.80. The Bertz CT molecular complexity index is 1730. The fourth-order valence-corrected chi connectivity index (χ4v) is 8.54. The van der Waals surface area contributed by atoms with Crippen LogP contribution in [0.25, 0.3) is 0 Å². The number of benzene rings is 4. The molecule has 0 unspecified atom stereocenters. The van der Waals surface area contributed by atoms with Crippen LogP contribution in [0.2, 0.25) is 5.02 Å². The number of carbonyl (C=O) groups is 1. The van der Waals surface area contributed by atoms with Crippen LogP contribution in [-0.4, -0.2) is 14.3 Å². The summed E-state index contributed by atoms with van der Waals surface area (Å²) in [5, 5.41) is 7.20. The number of rotatable bonds is 6. The third-order valence-electron chi connectivity index (χ3n) is 9.01. The first-order valence-corrected chi connectivity index (χ1v) is 15.9. The lowest BCUT2D eigenvalue weighted by molar-refractivity contribution is 0.102. The fourth-order valence-electron chi connectivity index (χ4n) is 7.30. The Balaban J connectivity index is 1.10. The van der Waals surface area contributed by atoms with E-state index in [1.54, 1.807) is 36.4 Å². The number of nitrogens with one attached hydrogen (secondary N) is 3. The summed E-state index contributed by atoms with van der Waals surface area (Å²) < 4.78 is 28.2. The molecule has 2 aliphatic carbocycles. The minimum atomic E-state index is -3.80. The molecule has 1 amide bonds. The van der Waals surface area contributed by atoms with Crippen molar-refractivity contribution in [1.29, 1.82) is 0 Å². The van der Waals surface area contributed by atoms with Gasteiger partial charge in [-0.1, -0.05) is 48.0 Å². The van der Waals surface area contributed by atoms with E-state index < -0.39 is 10.0 Å². The van der Waals surface area contributed by atoms with E-state index in [4.69, 9.17) is 11.6 Å². The quantitative estimate of drug-likeness (QED) is 0.217. The molecular formula is C33H30ClN3O3S. The fraction of sp³-hybridized carbons (Fsp3) is 0.242. The molecule has 3 aliphatic rings. The highest BCUT2D eigenvalue weighted by molar-refractivity contribution is 7.92. The van der Waals surface area contributed by atoms with E-state index in [0.29, 0.717) is 45.6 Å². The zero-order chi connectivity index (χ0) is 28.1. The molecular weight excluding hydrogens is 554 g/mol. The number of amides is 1. The van der Waals surface area contributed by atoms with Crippen LogP contribution in [0.15, 0.2) is 102 Å². The summed E-state index contributed by atoms with van der Waals surface area (Å²) in [6.45, 7) is 0. The van der Waals surface area contributed by atoms with Gasteiger partial charge in [-0.3, -0.25) is 9.52 Å². The number of carbonyl (C=O) groups excluding carboxylic acids is 1. The number of anilines is 3. The molecule has 2 bridgehead atoms. The van der Waals surface area contributed by atoms with Crippen molar-refractivity contribution in [3.63, 3.8) is 0 Å². The molecule has 2 saturated carbocycles. The Labute approximate surface area is 245 Å². The van der Waals surface area contributed by atoms with Crippen molar-refractivity contribution in [2.75, 3.05) is 15.4 Å². The van der Waals surface area contributed by atoms with Crippen LogP contribution in [0.4, 0.5) is 17.1 Å². The standard InChI is InChI=1S/C33H30ClN3O3S/c34-24-7-4-8-26(19-24)37-41(39,40)27-14-12-25(13-15-27)35-33(38)23-11-16-29-28(18-23)30-21-9-10-22(17-21)31(30)32(36-29)20-5-2-1-3-6-20/h1-8,11-16,18-19,21-22,30-32,36-37H,9-10,17H2,(H,35,38)/t21-,22-,30-,31-,32-/m0/s1. The SMILES string of the molecule is O=C(Nc1ccc(S(=O)(=O)Nc2cccc(Cl)c2)cc1)c1ccc2c(c1)[C@@H]1[C@H]3CC[C@@H](C3)[C@@H]1[C@H](c1ccccc1)N2. The smallest absolute Gasteiger partial charge is 0.261 e. The predicted molar refractivity (Wildman–Crippen MR) is 163 cm³/mol. The average Bonchev–Trinajstić information content (AvgIpc) is 3.60. The van der Waals surface area contributed by atoms with E-state index >= 15 is 0 Å². The largest absolute Gasteiger partial charge is 0.378 e. The second-order valence-electron chi connectivity index (χ2n) is 11.4. The molecule has 0 radical (unpaired) electrons. The van der Waals surface area contributed by atoms with E-state index in [0.717, 1.165) is 5.69 Å². The Kier molecular flexibility index (Phi) is 6.51. The first kappa shape index (κ1) is 26.1. The molecule has 4 aromatic carbocycles. The number of hydrogen-bond acceptors (Lipinski definition) is 4. The number of sulfonamides is 1. The van der Waals surface area contributed by atoms with Crippen LogP contribution in [-0.2, 0) is 10.0 Å². The maximum atomic E-state index is 13.3. The Hall–Kier alpha value is -3.81. The van der Waals surface area contributed by atoms with Gasteiger partial charge in [0.2, 0.25) is 0 Å². The number of halogens is 1. The van der Waals surface area contributed by atoms with Crippen LogP contribution < -0.4 is 15.4 Å². The molecule has 6 nitrogen and oxygen atoms in total. The van der Waals surface area contributed by atoms with Crippen LogP contribution in [0.5, 0.6) is 0 Å². The minimum Gasteiger partial charge on any atom is -0.378 e. The summed E-state index contributed by atoms with van der Waals surface area (Å²) in [4.78, 5) is 13.4. The predicted octanol–water partition coefficient (Wildman–Crippen LogP) is 7.69. The van der Waals surface area contributed by atoms with Crippen molar-refractivity contribution in [3.8, 4) is 0 Å². The topological polar surface area (TPSA) is 87.3 Å². The first-order chi connectivity index (χ1) is 19.9. The van der Waals surface area contributed by atoms with Crippen molar-refractivity contribution in [2.24, 2.45) is 17.8 Å². The molecule has 0 saturated heterocycles. The highest BCUT2D eigenvalue weighted by Crippen LogP contribution is 2.63. The number of fused-ring (bicyclic) bond motifs is 7. The van der Waals surface area contributed by atoms with Crippen molar-refractivity contribution in [2.45, 2.75) is 36.1 Å². The van der Waals surface area contributed by atoms with Crippen LogP contribution >= 0.6 is 11.6 Å². The van der Waals surface area contributed by atoms with Crippen molar-refractivity contribution >= 4 is 44.6 Å². The van der Waals surface area contributed by atoms with Gasteiger partial charge in [0.25, 0.3) is 15.9 Å². The summed E-state index contributed by atoms with van der Waals surface area (Å²) >= 11 is 5.97. The zero-order valence-electron chi connectivity index (χ0n) is 22.3. The maximum Gasteiger partial charge on any atom is 0.261 e. The lowest BCUT2D eigenvalue weighted by Crippen LogP contribution is -2.35. The highest BCUT2D eigenvalue weighted by Gasteiger charge is 2.53. The third kappa shape index (κ3) is 4.87. The molecule has 1 heterocycles. The van der Waals surface area contributed by atoms with Crippen molar-refractivity contribution < 1.29 is 13.2 Å². The Morgan fingerprint density at radius 2 is 1.61 bits per heavy atom. The molecule has 0 spiro atoms. The molecule has 1 aliphatic heterocycles. The molecule has 7 rings (SSSR count). The van der Waals surface area contributed by atoms with Crippen LogP contribution in [0, 0.1) is 17.8 Å². The second-order valence-corrected chi connectivity index (χ2v) is 13.5. The van der Waals surface area contributed by atoms with Crippen molar-refractivity contribution in [3.05, 3.63) is 119 Å². The monoisotopic (exact) mass is 583 g/mol. The molecule has 3 N–H and O–H groups in total. The van der Waals surface area contributed by atoms with Gasteiger partial charge in [-0.2, -0.15) is 0 Å².